The number of hydrogen-bond donors (Lipinski definition) is 0. The molecule has 0 saturated carbocycles. The van der Waals surface area contributed by atoms with Crippen LogP contribution in [0.5, 0.6) is 0 Å². The average Bonchev–Trinajstić information content (AvgIpc) is 1.54. The molecule has 2 aromatic heterocycles. The number of rotatable bonds is 10. The first-order chi connectivity index (χ1) is 43.8. The van der Waals surface area contributed by atoms with E-state index in [-0.39, 0.29) is 0 Å². The van der Waals surface area contributed by atoms with E-state index in [4.69, 9.17) is 8.83 Å². The van der Waals surface area contributed by atoms with Crippen LogP contribution in [0.3, 0.4) is 0 Å². The number of nitrogens with zero attached hydrogens (tertiary/aromatic N) is 2. The normalized spacial score (nSPS) is 12.6. The lowest BCUT2D eigenvalue weighted by Gasteiger charge is -2.36. The van der Waals surface area contributed by atoms with Crippen molar-refractivity contribution in [3.8, 4) is 33.4 Å². The Morgan fingerprint density at radius 3 is 1.00 bits per heavy atom. The molecule has 0 bridgehead atoms. The van der Waals surface area contributed by atoms with E-state index in [1.807, 2.05) is 0 Å². The number of para-hydroxylation sites is 4. The monoisotopic (exact) mass is 1140 g/mol. The molecule has 4 heteroatoms. The molecule has 0 radical (unpaired) electrons. The highest BCUT2D eigenvalue weighted by Crippen LogP contribution is 2.63. The molecule has 0 aliphatic heterocycles. The van der Waals surface area contributed by atoms with Crippen molar-refractivity contribution < 1.29 is 8.83 Å². The van der Waals surface area contributed by atoms with E-state index in [1.54, 1.807) is 0 Å². The van der Waals surface area contributed by atoms with Crippen LogP contribution < -0.4 is 9.80 Å². The second-order valence-electron chi connectivity index (χ2n) is 24.1. The maximum Gasteiger partial charge on any atom is 0.159 e. The van der Waals surface area contributed by atoms with Gasteiger partial charge in [0.25, 0.3) is 0 Å². The minimum Gasteiger partial charge on any atom is -0.453 e. The first-order valence-corrected chi connectivity index (χ1v) is 30.8. The van der Waals surface area contributed by atoms with Gasteiger partial charge in [-0.25, -0.2) is 0 Å². The third kappa shape index (κ3) is 7.93. The molecule has 0 saturated heterocycles. The third-order valence-electron chi connectivity index (χ3n) is 18.9. The molecule has 1 aliphatic rings. The van der Waals surface area contributed by atoms with E-state index in [2.05, 4.69) is 329 Å². The zero-order valence-corrected chi connectivity index (χ0v) is 49.9. The van der Waals surface area contributed by atoms with Crippen molar-refractivity contribution in [1.29, 1.82) is 0 Å². The van der Waals surface area contributed by atoms with Gasteiger partial charge >= 0.3 is 0 Å². The Morgan fingerprint density at radius 1 is 0.258 bits per heavy atom. The molecule has 0 atom stereocenters. The SMILES string of the molecule is Cc1ccc(C)c(N(c2cc3c(c4ccccc24)-c2c(cc(N(c4cc(C)ccc4C)c4cccc5c4oc4c(-c6ccccc6)cccc45)c4ccccc24)C3(c2ccccc2)c2ccccc2)c2cccc3c2oc2c(-c4ccccc4)cccc23)c1. The summed E-state index contributed by atoms with van der Waals surface area (Å²) in [7, 11) is 0. The van der Waals surface area contributed by atoms with Crippen LogP contribution in [0.25, 0.3) is 98.8 Å². The summed E-state index contributed by atoms with van der Waals surface area (Å²) in [5, 5.41) is 8.88. The Bertz CT molecular complexity index is 5150. The smallest absolute Gasteiger partial charge is 0.159 e. The summed E-state index contributed by atoms with van der Waals surface area (Å²) in [4.78, 5) is 5.01. The van der Waals surface area contributed by atoms with Crippen LogP contribution in [0.15, 0.2) is 300 Å². The largest absolute Gasteiger partial charge is 0.453 e. The van der Waals surface area contributed by atoms with Crippen LogP contribution in [-0.4, -0.2) is 0 Å². The number of furan rings is 2. The Balaban J connectivity index is 1.00. The first kappa shape index (κ1) is 52.2. The van der Waals surface area contributed by atoms with Gasteiger partial charge in [0.2, 0.25) is 0 Å². The van der Waals surface area contributed by atoms with Crippen LogP contribution in [0.2, 0.25) is 0 Å². The van der Waals surface area contributed by atoms with Gasteiger partial charge in [-0.1, -0.05) is 255 Å². The summed E-state index contributed by atoms with van der Waals surface area (Å²) >= 11 is 0. The van der Waals surface area contributed by atoms with Crippen molar-refractivity contribution in [2.24, 2.45) is 0 Å². The summed E-state index contributed by atoms with van der Waals surface area (Å²) < 4.78 is 14.8. The highest BCUT2D eigenvalue weighted by molar-refractivity contribution is 6.21. The summed E-state index contributed by atoms with van der Waals surface area (Å²) in [6.45, 7) is 8.87. The van der Waals surface area contributed by atoms with Gasteiger partial charge in [-0.05, 0) is 142 Å². The molecule has 2 heterocycles. The Morgan fingerprint density at radius 2 is 0.596 bits per heavy atom. The molecule has 0 spiro atoms. The molecule has 1 aliphatic carbocycles. The quantitative estimate of drug-likeness (QED) is 0.137. The second-order valence-corrected chi connectivity index (χ2v) is 24.1. The minimum atomic E-state index is -0.864. The van der Waals surface area contributed by atoms with Crippen LogP contribution in [0.1, 0.15) is 44.5 Å². The van der Waals surface area contributed by atoms with Crippen molar-refractivity contribution in [2.45, 2.75) is 33.1 Å². The predicted octanol–water partition coefficient (Wildman–Crippen LogP) is 23.7. The van der Waals surface area contributed by atoms with Gasteiger partial charge in [0.1, 0.15) is 11.2 Å². The van der Waals surface area contributed by atoms with Gasteiger partial charge in [0, 0.05) is 54.8 Å². The van der Waals surface area contributed by atoms with E-state index in [1.165, 1.54) is 55.3 Å². The Kier molecular flexibility index (Phi) is 12.0. The number of fused-ring (bicyclic) bond motifs is 13. The fourth-order valence-electron chi connectivity index (χ4n) is 14.9. The highest BCUT2D eigenvalue weighted by atomic mass is 16.3. The predicted molar refractivity (Wildman–Crippen MR) is 373 cm³/mol. The Labute approximate surface area is 517 Å². The highest BCUT2D eigenvalue weighted by Gasteiger charge is 2.49. The molecule has 4 nitrogen and oxygen atoms in total. The molecular weight excluding hydrogens is 1080 g/mol. The number of hydrogen-bond acceptors (Lipinski definition) is 4. The van der Waals surface area contributed by atoms with Crippen LogP contribution in [0.4, 0.5) is 34.1 Å². The van der Waals surface area contributed by atoms with Gasteiger partial charge < -0.3 is 18.6 Å². The average molecular weight is 1140 g/mol. The van der Waals surface area contributed by atoms with Crippen LogP contribution in [-0.2, 0) is 5.41 Å². The van der Waals surface area contributed by atoms with Crippen LogP contribution >= 0.6 is 0 Å². The first-order valence-electron chi connectivity index (χ1n) is 30.8. The van der Waals surface area contributed by atoms with Crippen molar-refractivity contribution in [3.05, 3.63) is 336 Å². The standard InChI is InChI=1S/C85H60N2O2/c1-53-45-47-55(3)75(49-53)86(73-43-23-41-69-67-39-21-37-61(81(67)88-83(69)73)57-25-9-5-10-26-57)77-51-71-79(65-35-19-17-33-63(65)77)80-66-36-20-18-34-64(66)78(52-72(80)85(71,59-29-13-7-14-30-59)60-31-15-8-16-32-60)87(76-50-54(2)46-48-56(76)4)74-44-24-42-70-68-40-22-38-62(82(68)89-84(70)74)58-27-11-6-12-28-58/h5-52H,1-4H3. The minimum absolute atomic E-state index is 0.829. The number of anilines is 6. The maximum absolute atomic E-state index is 7.39. The topological polar surface area (TPSA) is 32.8 Å². The van der Waals surface area contributed by atoms with Gasteiger partial charge in [-0.15, -0.1) is 0 Å². The van der Waals surface area contributed by atoms with Crippen molar-refractivity contribution >= 4 is 99.5 Å². The van der Waals surface area contributed by atoms with E-state index < -0.39 is 5.41 Å². The zero-order chi connectivity index (χ0) is 59.5. The summed E-state index contributed by atoms with van der Waals surface area (Å²) in [5.41, 5.74) is 24.9. The maximum atomic E-state index is 7.39. The second kappa shape index (κ2) is 20.5. The van der Waals surface area contributed by atoms with Gasteiger partial charge in [-0.3, -0.25) is 0 Å². The van der Waals surface area contributed by atoms with Crippen molar-refractivity contribution in [1.82, 2.24) is 0 Å². The lowest BCUT2D eigenvalue weighted by molar-refractivity contribution is 0.670. The number of benzene rings is 14. The molecule has 0 unspecified atom stereocenters. The molecule has 0 fully saturated rings. The molecular formula is C85H60N2O2. The Hall–Kier alpha value is -11.2. The van der Waals surface area contributed by atoms with Gasteiger partial charge in [0.15, 0.2) is 11.2 Å². The fraction of sp³-hybridized carbons (Fsp3) is 0.0588. The zero-order valence-electron chi connectivity index (χ0n) is 49.9. The lowest BCUT2D eigenvalue weighted by Crippen LogP contribution is -2.29. The van der Waals surface area contributed by atoms with E-state index >= 15 is 0 Å². The molecule has 89 heavy (non-hydrogen) atoms. The van der Waals surface area contributed by atoms with E-state index in [9.17, 15) is 0 Å². The molecule has 0 amide bonds. The molecule has 17 rings (SSSR count). The van der Waals surface area contributed by atoms with E-state index in [0.29, 0.717) is 0 Å². The van der Waals surface area contributed by atoms with Crippen molar-refractivity contribution in [3.63, 3.8) is 0 Å². The summed E-state index contributed by atoms with van der Waals surface area (Å²) in [6, 6.07) is 107. The summed E-state index contributed by atoms with van der Waals surface area (Å²) in [6.07, 6.45) is 0. The fourth-order valence-corrected chi connectivity index (χ4v) is 14.9. The van der Waals surface area contributed by atoms with Crippen LogP contribution in [0, 0.1) is 27.7 Å². The van der Waals surface area contributed by atoms with Gasteiger partial charge in [-0.2, -0.15) is 0 Å². The molecule has 14 aromatic carbocycles. The molecule has 0 N–H and O–H groups in total. The third-order valence-corrected chi connectivity index (χ3v) is 18.9. The molecule has 16 aromatic rings. The molecule has 422 valence electrons. The lowest BCUT2D eigenvalue weighted by atomic mass is 9.67. The summed E-state index contributed by atoms with van der Waals surface area (Å²) in [5.74, 6) is 0. The van der Waals surface area contributed by atoms with E-state index in [0.717, 1.165) is 122 Å². The van der Waals surface area contributed by atoms with Crippen molar-refractivity contribution in [2.75, 3.05) is 9.80 Å². The number of aryl methyl sites for hydroxylation is 4. The van der Waals surface area contributed by atoms with Gasteiger partial charge in [0.05, 0.1) is 28.2 Å².